The minimum atomic E-state index is -0.126. The number of carbonyl (C=O) groups is 2. The molecule has 1 aromatic rings. The molecule has 6 heteroatoms. The topological polar surface area (TPSA) is 49.4 Å². The number of nitrogens with one attached hydrogen (secondary N) is 1. The van der Waals surface area contributed by atoms with E-state index in [9.17, 15) is 9.59 Å². The Bertz CT molecular complexity index is 461. The molecular formula is C13H17ClN2O2S. The van der Waals surface area contributed by atoms with E-state index in [1.807, 2.05) is 4.90 Å². The number of nitrogens with zero attached hydrogens (tertiary/aromatic N) is 1. The van der Waals surface area contributed by atoms with E-state index in [1.165, 1.54) is 11.3 Å². The largest absolute Gasteiger partial charge is 0.350 e. The highest BCUT2D eigenvalue weighted by atomic mass is 35.5. The first-order valence-corrected chi connectivity index (χ1v) is 7.67. The molecule has 4 nitrogen and oxygen atoms in total. The van der Waals surface area contributed by atoms with Crippen LogP contribution >= 0.6 is 22.9 Å². The third-order valence-corrected chi connectivity index (χ3v) is 4.37. The van der Waals surface area contributed by atoms with Gasteiger partial charge < -0.3 is 10.2 Å². The van der Waals surface area contributed by atoms with Crippen LogP contribution in [0, 0.1) is 0 Å². The molecule has 0 atom stereocenters. The molecule has 1 aliphatic rings. The molecule has 104 valence electrons. The van der Waals surface area contributed by atoms with Gasteiger partial charge in [-0.2, -0.15) is 0 Å². The van der Waals surface area contributed by atoms with Crippen molar-refractivity contribution >= 4 is 34.8 Å². The van der Waals surface area contributed by atoms with Gasteiger partial charge in [-0.15, -0.1) is 11.3 Å². The molecule has 2 rings (SSSR count). The van der Waals surface area contributed by atoms with Crippen LogP contribution in [0.3, 0.4) is 0 Å². The quantitative estimate of drug-likeness (QED) is 0.929. The number of thiophene rings is 1. The van der Waals surface area contributed by atoms with Crippen molar-refractivity contribution in [3.63, 3.8) is 0 Å². The second kappa shape index (κ2) is 6.91. The number of rotatable bonds is 4. The lowest BCUT2D eigenvalue weighted by atomic mass is 10.2. The summed E-state index contributed by atoms with van der Waals surface area (Å²) in [6, 6.07) is 3.42. The van der Waals surface area contributed by atoms with E-state index in [4.69, 9.17) is 11.6 Å². The van der Waals surface area contributed by atoms with Crippen LogP contribution in [-0.4, -0.2) is 36.3 Å². The lowest BCUT2D eigenvalue weighted by Gasteiger charge is -2.20. The van der Waals surface area contributed by atoms with Crippen LogP contribution in [-0.2, 0) is 4.79 Å². The number of halogens is 1. The molecule has 1 aromatic heterocycles. The lowest BCUT2D eigenvalue weighted by Crippen LogP contribution is -2.38. The highest BCUT2D eigenvalue weighted by Gasteiger charge is 2.16. The second-order valence-corrected chi connectivity index (χ2v) is 6.27. The van der Waals surface area contributed by atoms with Gasteiger partial charge in [0.15, 0.2) is 0 Å². The van der Waals surface area contributed by atoms with E-state index < -0.39 is 0 Å². The number of amides is 2. The maximum Gasteiger partial charge on any atom is 0.261 e. The first-order valence-electron chi connectivity index (χ1n) is 6.48. The second-order valence-electron chi connectivity index (χ2n) is 4.55. The van der Waals surface area contributed by atoms with Crippen molar-refractivity contribution in [1.82, 2.24) is 10.2 Å². The van der Waals surface area contributed by atoms with Crippen LogP contribution in [0.25, 0.3) is 0 Å². The molecule has 0 radical (unpaired) electrons. The van der Waals surface area contributed by atoms with Crippen molar-refractivity contribution in [3.8, 4) is 0 Å². The predicted octanol–water partition coefficient (Wildman–Crippen LogP) is 2.53. The fourth-order valence-corrected chi connectivity index (χ4v) is 3.06. The molecule has 0 bridgehead atoms. The zero-order valence-corrected chi connectivity index (χ0v) is 12.2. The Morgan fingerprint density at radius 3 is 2.95 bits per heavy atom. The van der Waals surface area contributed by atoms with E-state index >= 15 is 0 Å². The van der Waals surface area contributed by atoms with Crippen LogP contribution in [0.15, 0.2) is 12.1 Å². The number of hydrogen-bond acceptors (Lipinski definition) is 3. The summed E-state index contributed by atoms with van der Waals surface area (Å²) in [4.78, 5) is 26.0. The maximum absolute atomic E-state index is 11.8. The van der Waals surface area contributed by atoms with E-state index in [2.05, 4.69) is 5.32 Å². The molecule has 0 saturated carbocycles. The van der Waals surface area contributed by atoms with Crippen LogP contribution in [0.1, 0.15) is 35.4 Å². The fraction of sp³-hybridized carbons (Fsp3) is 0.538. The molecule has 2 heterocycles. The molecule has 1 saturated heterocycles. The fourth-order valence-electron chi connectivity index (χ4n) is 2.10. The summed E-state index contributed by atoms with van der Waals surface area (Å²) in [5, 5.41) is 2.82. The van der Waals surface area contributed by atoms with Gasteiger partial charge in [0.2, 0.25) is 5.91 Å². The molecule has 0 spiro atoms. The van der Waals surface area contributed by atoms with Crippen molar-refractivity contribution in [2.45, 2.75) is 25.7 Å². The Balaban J connectivity index is 1.76. The highest BCUT2D eigenvalue weighted by Crippen LogP contribution is 2.21. The molecule has 1 aliphatic heterocycles. The van der Waals surface area contributed by atoms with Gasteiger partial charge in [-0.05, 0) is 25.0 Å². The summed E-state index contributed by atoms with van der Waals surface area (Å²) in [7, 11) is 0. The summed E-state index contributed by atoms with van der Waals surface area (Å²) < 4.78 is 0.604. The van der Waals surface area contributed by atoms with Crippen molar-refractivity contribution in [3.05, 3.63) is 21.3 Å². The molecule has 0 aromatic carbocycles. The van der Waals surface area contributed by atoms with E-state index in [1.54, 1.807) is 12.1 Å². The standard InChI is InChI=1S/C13H17ClN2O2S/c14-11-6-5-10(19-11)13(18)15-7-9-16-8-3-1-2-4-12(16)17/h5-6H,1-4,7-9H2,(H,15,18). The van der Waals surface area contributed by atoms with E-state index in [-0.39, 0.29) is 11.8 Å². The van der Waals surface area contributed by atoms with Gasteiger partial charge >= 0.3 is 0 Å². The average molecular weight is 301 g/mol. The summed E-state index contributed by atoms with van der Waals surface area (Å²) in [5.41, 5.74) is 0. The molecule has 0 unspecified atom stereocenters. The Morgan fingerprint density at radius 1 is 1.37 bits per heavy atom. The van der Waals surface area contributed by atoms with Crippen molar-refractivity contribution < 1.29 is 9.59 Å². The molecular weight excluding hydrogens is 284 g/mol. The van der Waals surface area contributed by atoms with Gasteiger partial charge in [-0.3, -0.25) is 9.59 Å². The summed E-state index contributed by atoms with van der Waals surface area (Å²) in [6.07, 6.45) is 3.78. The van der Waals surface area contributed by atoms with Crippen molar-refractivity contribution in [2.75, 3.05) is 19.6 Å². The van der Waals surface area contributed by atoms with Crippen LogP contribution in [0.4, 0.5) is 0 Å². The third-order valence-electron chi connectivity index (χ3n) is 3.14. The summed E-state index contributed by atoms with van der Waals surface area (Å²) in [5.74, 6) is 0.0742. The monoisotopic (exact) mass is 300 g/mol. The minimum absolute atomic E-state index is 0.126. The smallest absolute Gasteiger partial charge is 0.261 e. The molecule has 1 fully saturated rings. The Labute approximate surface area is 121 Å². The van der Waals surface area contributed by atoms with Crippen LogP contribution < -0.4 is 5.32 Å². The van der Waals surface area contributed by atoms with Gasteiger partial charge in [0.1, 0.15) is 0 Å². The number of hydrogen-bond donors (Lipinski definition) is 1. The zero-order valence-electron chi connectivity index (χ0n) is 10.7. The molecule has 1 N–H and O–H groups in total. The van der Waals surface area contributed by atoms with Gasteiger partial charge in [0, 0.05) is 26.1 Å². The maximum atomic E-state index is 11.8. The van der Waals surface area contributed by atoms with Crippen LogP contribution in [0.2, 0.25) is 4.34 Å². The predicted molar refractivity (Wildman–Crippen MR) is 76.7 cm³/mol. The molecule has 2 amide bonds. The van der Waals surface area contributed by atoms with E-state index in [0.717, 1.165) is 25.8 Å². The average Bonchev–Trinajstić information content (AvgIpc) is 2.72. The molecule has 19 heavy (non-hydrogen) atoms. The normalized spacial score (nSPS) is 16.3. The highest BCUT2D eigenvalue weighted by molar-refractivity contribution is 7.17. The zero-order chi connectivity index (χ0) is 13.7. The van der Waals surface area contributed by atoms with Crippen LogP contribution in [0.5, 0.6) is 0 Å². The number of carbonyl (C=O) groups excluding carboxylic acids is 2. The third kappa shape index (κ3) is 4.21. The minimum Gasteiger partial charge on any atom is -0.350 e. The first-order chi connectivity index (χ1) is 9.16. The molecule has 0 aliphatic carbocycles. The van der Waals surface area contributed by atoms with Gasteiger partial charge in [-0.25, -0.2) is 0 Å². The van der Waals surface area contributed by atoms with Gasteiger partial charge in [0.25, 0.3) is 5.91 Å². The Morgan fingerprint density at radius 2 is 2.21 bits per heavy atom. The first kappa shape index (κ1) is 14.3. The summed E-state index contributed by atoms with van der Waals surface area (Å²) >= 11 is 7.04. The van der Waals surface area contributed by atoms with Crippen molar-refractivity contribution in [1.29, 1.82) is 0 Å². The Hall–Kier alpha value is -1.07. The Kier molecular flexibility index (Phi) is 5.22. The van der Waals surface area contributed by atoms with Gasteiger partial charge in [0.05, 0.1) is 9.21 Å². The van der Waals surface area contributed by atoms with Gasteiger partial charge in [-0.1, -0.05) is 18.0 Å². The SMILES string of the molecule is O=C(NCCN1CCCCCC1=O)c1ccc(Cl)s1. The lowest BCUT2D eigenvalue weighted by molar-refractivity contribution is -0.130. The summed E-state index contributed by atoms with van der Waals surface area (Å²) in [6.45, 7) is 1.88. The van der Waals surface area contributed by atoms with Crippen molar-refractivity contribution in [2.24, 2.45) is 0 Å². The number of likely N-dealkylation sites (tertiary alicyclic amines) is 1. The van der Waals surface area contributed by atoms with E-state index in [0.29, 0.717) is 28.7 Å².